The Balaban J connectivity index is 1.81. The molecule has 0 aromatic rings. The zero-order chi connectivity index (χ0) is 19.7. The molecule has 0 amide bonds. The predicted molar refractivity (Wildman–Crippen MR) is 114 cm³/mol. The van der Waals surface area contributed by atoms with Gasteiger partial charge in [0.2, 0.25) is 0 Å². The quantitative estimate of drug-likeness (QED) is 0.111. The van der Waals surface area contributed by atoms with Gasteiger partial charge in [0.05, 0.1) is 18.8 Å². The van der Waals surface area contributed by atoms with Crippen molar-refractivity contribution < 1.29 is 14.3 Å². The fourth-order valence-electron chi connectivity index (χ4n) is 3.30. The number of carbonyl (C=O) groups excluding carboxylic acids is 1. The van der Waals surface area contributed by atoms with Crippen molar-refractivity contribution in [3.8, 4) is 0 Å². The SMILES string of the molecule is CCCCC[C@H]1O[C@H]1C/C=C\CCCCCCCC(=O)OCC[C@H](C)CC. The first-order chi connectivity index (χ1) is 13.2. The molecule has 0 unspecified atom stereocenters. The lowest BCUT2D eigenvalue weighted by Crippen LogP contribution is -2.08. The fraction of sp³-hybridized carbons (Fsp3) is 0.875. The Bertz CT molecular complexity index is 391. The molecule has 0 bridgehead atoms. The molecule has 1 aliphatic heterocycles. The van der Waals surface area contributed by atoms with Crippen LogP contribution in [0.3, 0.4) is 0 Å². The van der Waals surface area contributed by atoms with E-state index in [4.69, 9.17) is 9.47 Å². The van der Waals surface area contributed by atoms with Crippen LogP contribution in [0.4, 0.5) is 0 Å². The van der Waals surface area contributed by atoms with Crippen LogP contribution in [0.25, 0.3) is 0 Å². The van der Waals surface area contributed by atoms with Gasteiger partial charge in [-0.3, -0.25) is 4.79 Å². The number of hydrogen-bond acceptors (Lipinski definition) is 3. The number of hydrogen-bond donors (Lipinski definition) is 0. The average Bonchev–Trinajstić information content (AvgIpc) is 3.41. The summed E-state index contributed by atoms with van der Waals surface area (Å²) in [5, 5.41) is 0. The number of esters is 1. The molecule has 0 spiro atoms. The summed E-state index contributed by atoms with van der Waals surface area (Å²) in [6.07, 6.45) is 21.7. The molecule has 0 aliphatic carbocycles. The summed E-state index contributed by atoms with van der Waals surface area (Å²) in [6.45, 7) is 7.21. The van der Waals surface area contributed by atoms with E-state index in [-0.39, 0.29) is 5.97 Å². The van der Waals surface area contributed by atoms with Gasteiger partial charge in [0.25, 0.3) is 0 Å². The third-order valence-corrected chi connectivity index (χ3v) is 5.64. The Morgan fingerprint density at radius 1 is 1.00 bits per heavy atom. The maximum absolute atomic E-state index is 11.6. The monoisotopic (exact) mass is 380 g/mol. The summed E-state index contributed by atoms with van der Waals surface area (Å²) in [6, 6.07) is 0. The lowest BCUT2D eigenvalue weighted by molar-refractivity contribution is -0.144. The highest BCUT2D eigenvalue weighted by Crippen LogP contribution is 2.30. The van der Waals surface area contributed by atoms with Crippen LogP contribution in [0, 0.1) is 5.92 Å². The Hall–Kier alpha value is -0.830. The normalized spacial score (nSPS) is 20.1. The number of unbranched alkanes of at least 4 members (excludes halogenated alkanes) is 7. The van der Waals surface area contributed by atoms with Crippen molar-refractivity contribution in [3.05, 3.63) is 12.2 Å². The molecule has 1 aliphatic rings. The summed E-state index contributed by atoms with van der Waals surface area (Å²) < 4.78 is 11.0. The number of carbonyl (C=O) groups is 1. The summed E-state index contributed by atoms with van der Waals surface area (Å²) in [5.74, 6) is 0.632. The molecule has 0 saturated carbocycles. The molecule has 0 aromatic carbocycles. The molecule has 3 atom stereocenters. The van der Waals surface area contributed by atoms with Crippen LogP contribution in [0.15, 0.2) is 12.2 Å². The van der Waals surface area contributed by atoms with Crippen LogP contribution >= 0.6 is 0 Å². The van der Waals surface area contributed by atoms with Crippen LogP contribution < -0.4 is 0 Å². The van der Waals surface area contributed by atoms with Crippen molar-refractivity contribution in [1.82, 2.24) is 0 Å². The van der Waals surface area contributed by atoms with Crippen LogP contribution in [-0.2, 0) is 14.3 Å². The lowest BCUT2D eigenvalue weighted by Gasteiger charge is -2.08. The third-order valence-electron chi connectivity index (χ3n) is 5.64. The molecule has 0 radical (unpaired) electrons. The van der Waals surface area contributed by atoms with Gasteiger partial charge in [-0.15, -0.1) is 0 Å². The second-order valence-electron chi connectivity index (χ2n) is 8.24. The standard InChI is InChI=1S/C24H44O3/c1-4-6-13-16-22-23(27-22)17-14-11-9-7-8-10-12-15-18-24(25)26-20-19-21(3)5-2/h11,14,21-23H,4-10,12-13,15-20H2,1-3H3/b14-11-/t21-,22-,23+/m1/s1. The van der Waals surface area contributed by atoms with Crippen LogP contribution in [0.2, 0.25) is 0 Å². The van der Waals surface area contributed by atoms with Gasteiger partial charge in [-0.1, -0.05) is 77.9 Å². The van der Waals surface area contributed by atoms with E-state index in [0.29, 0.717) is 31.2 Å². The maximum Gasteiger partial charge on any atom is 0.305 e. The van der Waals surface area contributed by atoms with Crippen LogP contribution in [-0.4, -0.2) is 24.8 Å². The molecule has 1 heterocycles. The van der Waals surface area contributed by atoms with Crippen molar-refractivity contribution in [2.45, 2.75) is 123 Å². The Kier molecular flexibility index (Phi) is 14.5. The molecule has 1 fully saturated rings. The molecule has 0 N–H and O–H groups in total. The minimum Gasteiger partial charge on any atom is -0.466 e. The van der Waals surface area contributed by atoms with Gasteiger partial charge in [0, 0.05) is 6.42 Å². The Morgan fingerprint density at radius 3 is 2.56 bits per heavy atom. The van der Waals surface area contributed by atoms with Gasteiger partial charge in [-0.05, 0) is 44.4 Å². The predicted octanol–water partition coefficient (Wildman–Crippen LogP) is 6.99. The van der Waals surface area contributed by atoms with Crippen LogP contribution in [0.5, 0.6) is 0 Å². The van der Waals surface area contributed by atoms with Crippen molar-refractivity contribution in [3.63, 3.8) is 0 Å². The highest BCUT2D eigenvalue weighted by molar-refractivity contribution is 5.69. The van der Waals surface area contributed by atoms with Gasteiger partial charge in [0.1, 0.15) is 0 Å². The molecular formula is C24H44O3. The summed E-state index contributed by atoms with van der Waals surface area (Å²) in [7, 11) is 0. The van der Waals surface area contributed by atoms with Crippen LogP contribution in [0.1, 0.15) is 111 Å². The highest BCUT2D eigenvalue weighted by Gasteiger charge is 2.36. The second-order valence-corrected chi connectivity index (χ2v) is 8.24. The van der Waals surface area contributed by atoms with E-state index in [1.54, 1.807) is 0 Å². The van der Waals surface area contributed by atoms with E-state index in [2.05, 4.69) is 32.9 Å². The van der Waals surface area contributed by atoms with Crippen molar-refractivity contribution in [1.29, 1.82) is 0 Å². The minimum absolute atomic E-state index is 0.0171. The number of epoxide rings is 1. The zero-order valence-corrected chi connectivity index (χ0v) is 18.2. The van der Waals surface area contributed by atoms with E-state index in [9.17, 15) is 4.79 Å². The van der Waals surface area contributed by atoms with Gasteiger partial charge >= 0.3 is 5.97 Å². The largest absolute Gasteiger partial charge is 0.466 e. The lowest BCUT2D eigenvalue weighted by atomic mass is 10.1. The van der Waals surface area contributed by atoms with E-state index < -0.39 is 0 Å². The minimum atomic E-state index is -0.0171. The fourth-order valence-corrected chi connectivity index (χ4v) is 3.30. The molecule has 27 heavy (non-hydrogen) atoms. The van der Waals surface area contributed by atoms with Gasteiger partial charge in [-0.25, -0.2) is 0 Å². The molecule has 158 valence electrons. The van der Waals surface area contributed by atoms with Gasteiger partial charge < -0.3 is 9.47 Å². The molecule has 1 saturated heterocycles. The highest BCUT2D eigenvalue weighted by atomic mass is 16.6. The molecule has 3 heteroatoms. The zero-order valence-electron chi connectivity index (χ0n) is 18.2. The first kappa shape index (κ1) is 24.2. The molecule has 1 rings (SSSR count). The summed E-state index contributed by atoms with van der Waals surface area (Å²) in [4.78, 5) is 11.6. The van der Waals surface area contributed by atoms with Crippen molar-refractivity contribution in [2.24, 2.45) is 5.92 Å². The third kappa shape index (κ3) is 13.9. The number of ether oxygens (including phenoxy) is 2. The molecular weight excluding hydrogens is 336 g/mol. The maximum atomic E-state index is 11.6. The summed E-state index contributed by atoms with van der Waals surface area (Å²) in [5.41, 5.74) is 0. The Morgan fingerprint density at radius 2 is 1.78 bits per heavy atom. The molecule has 3 nitrogen and oxygen atoms in total. The van der Waals surface area contributed by atoms with E-state index in [1.807, 2.05) is 0 Å². The Labute approximate surface area is 168 Å². The van der Waals surface area contributed by atoms with Crippen molar-refractivity contribution in [2.75, 3.05) is 6.61 Å². The van der Waals surface area contributed by atoms with Crippen molar-refractivity contribution >= 4 is 5.97 Å². The first-order valence-electron chi connectivity index (χ1n) is 11.6. The topological polar surface area (TPSA) is 38.8 Å². The van der Waals surface area contributed by atoms with E-state index in [0.717, 1.165) is 32.1 Å². The second kappa shape index (κ2) is 16.2. The smallest absolute Gasteiger partial charge is 0.305 e. The number of allylic oxidation sites excluding steroid dienone is 1. The van der Waals surface area contributed by atoms with E-state index in [1.165, 1.54) is 51.4 Å². The van der Waals surface area contributed by atoms with E-state index >= 15 is 0 Å². The number of rotatable bonds is 18. The first-order valence-corrected chi connectivity index (χ1v) is 11.6. The summed E-state index contributed by atoms with van der Waals surface area (Å²) >= 11 is 0. The van der Waals surface area contributed by atoms with Gasteiger partial charge in [0.15, 0.2) is 0 Å². The average molecular weight is 381 g/mol. The van der Waals surface area contributed by atoms with Gasteiger partial charge in [-0.2, -0.15) is 0 Å². The molecule has 0 aromatic heterocycles.